The number of nitrogens with zero attached hydrogens (tertiary/aromatic N) is 2. The molecule has 0 aliphatic rings. The van der Waals surface area contributed by atoms with Crippen LogP contribution in [0.15, 0.2) is 53.5 Å². The first-order valence-electron chi connectivity index (χ1n) is 5.51. The fourth-order valence-corrected chi connectivity index (χ4v) is 1.63. The summed E-state index contributed by atoms with van der Waals surface area (Å²) in [5.74, 6) is -0.350. The van der Waals surface area contributed by atoms with Crippen LogP contribution in [0.3, 0.4) is 0 Å². The largest absolute Gasteiger partial charge is 0.308 e. The molecule has 0 saturated heterocycles. The molecule has 0 unspecified atom stereocenters. The summed E-state index contributed by atoms with van der Waals surface area (Å²) in [6.07, 6.45) is 1.50. The SMILES string of the molecule is O=C(Cn1ccccc1=O)c1cccc([N+](=O)[O-])c1. The number of hydrogen-bond acceptors (Lipinski definition) is 4. The van der Waals surface area contributed by atoms with E-state index in [0.717, 1.165) is 0 Å². The molecule has 2 rings (SSSR count). The predicted molar refractivity (Wildman–Crippen MR) is 68.1 cm³/mol. The minimum absolute atomic E-state index is 0.138. The minimum atomic E-state index is -0.564. The van der Waals surface area contributed by atoms with E-state index >= 15 is 0 Å². The van der Waals surface area contributed by atoms with E-state index in [-0.39, 0.29) is 29.1 Å². The van der Waals surface area contributed by atoms with Crippen molar-refractivity contribution in [3.05, 3.63) is 74.7 Å². The van der Waals surface area contributed by atoms with Crippen molar-refractivity contribution in [3.8, 4) is 0 Å². The summed E-state index contributed by atoms with van der Waals surface area (Å²) in [6, 6.07) is 10.0. The molecule has 0 amide bonds. The molecular formula is C13H10N2O4. The molecule has 1 aromatic carbocycles. The van der Waals surface area contributed by atoms with Crippen molar-refractivity contribution in [2.24, 2.45) is 0 Å². The van der Waals surface area contributed by atoms with Gasteiger partial charge in [-0.05, 0) is 6.07 Å². The molecule has 2 aromatic rings. The molecule has 0 radical (unpaired) electrons. The average molecular weight is 258 g/mol. The van der Waals surface area contributed by atoms with E-state index in [2.05, 4.69) is 0 Å². The fraction of sp³-hybridized carbons (Fsp3) is 0.0769. The number of aromatic nitrogens is 1. The standard InChI is InChI=1S/C13H10N2O4/c16-12(9-14-7-2-1-6-13(14)17)10-4-3-5-11(8-10)15(18)19/h1-8H,9H2. The van der Waals surface area contributed by atoms with Gasteiger partial charge in [0.25, 0.3) is 11.2 Å². The monoisotopic (exact) mass is 258 g/mol. The lowest BCUT2D eigenvalue weighted by Crippen LogP contribution is -2.22. The van der Waals surface area contributed by atoms with E-state index in [0.29, 0.717) is 0 Å². The lowest BCUT2D eigenvalue weighted by molar-refractivity contribution is -0.384. The Kier molecular flexibility index (Phi) is 3.51. The maximum absolute atomic E-state index is 12.0. The lowest BCUT2D eigenvalue weighted by Gasteiger charge is -2.04. The second-order valence-electron chi connectivity index (χ2n) is 3.90. The zero-order valence-corrected chi connectivity index (χ0v) is 9.85. The second kappa shape index (κ2) is 5.26. The summed E-state index contributed by atoms with van der Waals surface area (Å²) < 4.78 is 1.25. The average Bonchev–Trinajstić information content (AvgIpc) is 2.41. The van der Waals surface area contributed by atoms with Gasteiger partial charge in [0.1, 0.15) is 0 Å². The van der Waals surface area contributed by atoms with Crippen LogP contribution >= 0.6 is 0 Å². The Balaban J connectivity index is 2.26. The molecule has 0 fully saturated rings. The maximum Gasteiger partial charge on any atom is 0.270 e. The zero-order chi connectivity index (χ0) is 13.8. The van der Waals surface area contributed by atoms with Crippen molar-refractivity contribution in [2.75, 3.05) is 0 Å². The zero-order valence-electron chi connectivity index (χ0n) is 9.85. The summed E-state index contributed by atoms with van der Waals surface area (Å²) in [7, 11) is 0. The molecule has 1 heterocycles. The molecule has 96 valence electrons. The summed E-state index contributed by atoms with van der Waals surface area (Å²) in [5.41, 5.74) is -0.225. The second-order valence-corrected chi connectivity index (χ2v) is 3.90. The molecule has 0 N–H and O–H groups in total. The van der Waals surface area contributed by atoms with Gasteiger partial charge in [-0.25, -0.2) is 0 Å². The molecular weight excluding hydrogens is 248 g/mol. The van der Waals surface area contributed by atoms with Crippen LogP contribution in [-0.2, 0) is 6.54 Å². The normalized spacial score (nSPS) is 10.1. The molecule has 0 aliphatic heterocycles. The molecule has 0 atom stereocenters. The van der Waals surface area contributed by atoms with Gasteiger partial charge in [0, 0.05) is 30.0 Å². The van der Waals surface area contributed by atoms with Crippen molar-refractivity contribution in [2.45, 2.75) is 6.54 Å². The molecule has 0 aliphatic carbocycles. The van der Waals surface area contributed by atoms with Crippen LogP contribution in [0, 0.1) is 10.1 Å². The lowest BCUT2D eigenvalue weighted by atomic mass is 10.1. The Morgan fingerprint density at radius 3 is 2.68 bits per heavy atom. The van der Waals surface area contributed by atoms with Crippen LogP contribution in [-0.4, -0.2) is 15.3 Å². The van der Waals surface area contributed by atoms with Crippen LogP contribution < -0.4 is 5.56 Å². The number of benzene rings is 1. The van der Waals surface area contributed by atoms with Gasteiger partial charge in [-0.3, -0.25) is 19.7 Å². The molecule has 0 saturated carbocycles. The molecule has 0 bridgehead atoms. The van der Waals surface area contributed by atoms with Gasteiger partial charge in [-0.15, -0.1) is 0 Å². The van der Waals surface area contributed by atoms with E-state index in [4.69, 9.17) is 0 Å². The van der Waals surface area contributed by atoms with Crippen LogP contribution in [0.5, 0.6) is 0 Å². The third-order valence-corrected chi connectivity index (χ3v) is 2.59. The Hall–Kier alpha value is -2.76. The number of hydrogen-bond donors (Lipinski definition) is 0. The number of Topliss-reactive ketones (excluding diaryl/α,β-unsaturated/α-hetero) is 1. The van der Waals surface area contributed by atoms with Crippen molar-refractivity contribution < 1.29 is 9.72 Å². The van der Waals surface area contributed by atoms with Crippen molar-refractivity contribution in [1.82, 2.24) is 4.57 Å². The van der Waals surface area contributed by atoms with E-state index in [1.807, 2.05) is 0 Å². The third kappa shape index (κ3) is 2.92. The third-order valence-electron chi connectivity index (χ3n) is 2.59. The van der Waals surface area contributed by atoms with Crippen molar-refractivity contribution in [1.29, 1.82) is 0 Å². The number of nitro groups is 1. The molecule has 1 aromatic heterocycles. The Labute approximate surface area is 108 Å². The van der Waals surface area contributed by atoms with E-state index in [1.165, 1.54) is 41.1 Å². The number of non-ortho nitro benzene ring substituents is 1. The number of carbonyl (C=O) groups excluding carboxylic acids is 1. The molecule has 0 spiro atoms. The number of carbonyl (C=O) groups is 1. The number of pyridine rings is 1. The molecule has 19 heavy (non-hydrogen) atoms. The summed E-state index contributed by atoms with van der Waals surface area (Å²) in [6.45, 7) is -0.138. The highest BCUT2D eigenvalue weighted by molar-refractivity contribution is 5.96. The quantitative estimate of drug-likeness (QED) is 0.474. The maximum atomic E-state index is 12.0. The first-order chi connectivity index (χ1) is 9.08. The molecule has 6 heteroatoms. The van der Waals surface area contributed by atoms with Gasteiger partial charge in [-0.1, -0.05) is 18.2 Å². The number of rotatable bonds is 4. The highest BCUT2D eigenvalue weighted by Crippen LogP contribution is 2.13. The summed E-state index contributed by atoms with van der Waals surface area (Å²) in [4.78, 5) is 33.5. The summed E-state index contributed by atoms with van der Waals surface area (Å²) in [5, 5.41) is 10.6. The van der Waals surface area contributed by atoms with Gasteiger partial charge in [0.2, 0.25) is 0 Å². The van der Waals surface area contributed by atoms with E-state index in [9.17, 15) is 19.7 Å². The van der Waals surface area contributed by atoms with Gasteiger partial charge >= 0.3 is 0 Å². The van der Waals surface area contributed by atoms with Crippen molar-refractivity contribution in [3.63, 3.8) is 0 Å². The number of nitro benzene ring substituents is 1. The Morgan fingerprint density at radius 2 is 2.00 bits per heavy atom. The minimum Gasteiger partial charge on any atom is -0.308 e. The van der Waals surface area contributed by atoms with Gasteiger partial charge < -0.3 is 4.57 Å². The van der Waals surface area contributed by atoms with Gasteiger partial charge in [0.05, 0.1) is 11.5 Å². The van der Waals surface area contributed by atoms with Crippen LogP contribution in [0.2, 0.25) is 0 Å². The van der Waals surface area contributed by atoms with Crippen LogP contribution in [0.25, 0.3) is 0 Å². The van der Waals surface area contributed by atoms with Crippen LogP contribution in [0.4, 0.5) is 5.69 Å². The first-order valence-corrected chi connectivity index (χ1v) is 5.51. The summed E-state index contributed by atoms with van der Waals surface area (Å²) >= 11 is 0. The van der Waals surface area contributed by atoms with Gasteiger partial charge in [0.15, 0.2) is 5.78 Å². The fourth-order valence-electron chi connectivity index (χ4n) is 1.63. The smallest absolute Gasteiger partial charge is 0.270 e. The predicted octanol–water partition coefficient (Wildman–Crippen LogP) is 1.64. The van der Waals surface area contributed by atoms with Crippen molar-refractivity contribution >= 4 is 11.5 Å². The van der Waals surface area contributed by atoms with E-state index in [1.54, 1.807) is 12.1 Å². The highest BCUT2D eigenvalue weighted by Gasteiger charge is 2.12. The van der Waals surface area contributed by atoms with E-state index < -0.39 is 4.92 Å². The molecule has 6 nitrogen and oxygen atoms in total. The first kappa shape index (κ1) is 12.7. The Morgan fingerprint density at radius 1 is 1.21 bits per heavy atom. The van der Waals surface area contributed by atoms with Gasteiger partial charge in [-0.2, -0.15) is 0 Å². The van der Waals surface area contributed by atoms with Crippen LogP contribution in [0.1, 0.15) is 10.4 Å². The number of ketones is 1. The highest BCUT2D eigenvalue weighted by atomic mass is 16.6. The topological polar surface area (TPSA) is 82.2 Å². The Bertz CT molecular complexity index is 691.